The summed E-state index contributed by atoms with van der Waals surface area (Å²) in [4.78, 5) is 22.0. The summed E-state index contributed by atoms with van der Waals surface area (Å²) in [5, 5.41) is 5.63. The highest BCUT2D eigenvalue weighted by Crippen LogP contribution is 2.34. The summed E-state index contributed by atoms with van der Waals surface area (Å²) in [6.45, 7) is 5.91. The molecule has 1 aromatic carbocycles. The maximum atomic E-state index is 12.6. The Balaban J connectivity index is 1.18. The van der Waals surface area contributed by atoms with Gasteiger partial charge in [0.2, 0.25) is 6.79 Å². The average Bonchev–Trinajstić information content (AvgIpc) is 3.44. The predicted molar refractivity (Wildman–Crippen MR) is 110 cm³/mol. The van der Waals surface area contributed by atoms with E-state index in [9.17, 15) is 4.79 Å². The van der Waals surface area contributed by atoms with Crippen LogP contribution in [0.3, 0.4) is 0 Å². The first-order valence-corrected chi connectivity index (χ1v) is 10.9. The van der Waals surface area contributed by atoms with E-state index in [1.807, 2.05) is 5.38 Å². The number of carbonyl (C=O) groups excluding carboxylic acids is 1. The Kier molecular flexibility index (Phi) is 5.26. The Hall–Kier alpha value is -2.36. The normalized spacial score (nSPS) is 20.1. The van der Waals surface area contributed by atoms with Gasteiger partial charge in [0, 0.05) is 49.4 Å². The Morgan fingerprint density at radius 3 is 2.72 bits per heavy atom. The van der Waals surface area contributed by atoms with Crippen LogP contribution in [0.4, 0.5) is 10.8 Å². The molecule has 0 atom stereocenters. The minimum atomic E-state index is -0.213. The number of amides is 1. The van der Waals surface area contributed by atoms with E-state index in [2.05, 4.69) is 20.1 Å². The molecular weight excluding hydrogens is 392 g/mol. The lowest BCUT2D eigenvalue weighted by Gasteiger charge is -2.40. The lowest BCUT2D eigenvalue weighted by atomic mass is 10.0. The molecule has 0 unspecified atom stereocenters. The molecule has 3 aliphatic heterocycles. The molecule has 2 aromatic rings. The fourth-order valence-corrected chi connectivity index (χ4v) is 4.91. The van der Waals surface area contributed by atoms with Crippen LogP contribution >= 0.6 is 11.3 Å². The first-order valence-electron chi connectivity index (χ1n) is 9.99. The summed E-state index contributed by atoms with van der Waals surface area (Å²) >= 11 is 1.53. The summed E-state index contributed by atoms with van der Waals surface area (Å²) in [6, 6.07) is 5.99. The molecule has 0 bridgehead atoms. The van der Waals surface area contributed by atoms with Gasteiger partial charge in [-0.25, -0.2) is 4.98 Å². The number of ether oxygens (including phenoxy) is 3. The van der Waals surface area contributed by atoms with Crippen molar-refractivity contribution in [2.45, 2.75) is 18.9 Å². The highest BCUT2D eigenvalue weighted by Gasteiger charge is 2.27. The van der Waals surface area contributed by atoms with E-state index >= 15 is 0 Å². The Morgan fingerprint density at radius 2 is 1.90 bits per heavy atom. The van der Waals surface area contributed by atoms with Crippen LogP contribution in [0, 0.1) is 0 Å². The summed E-state index contributed by atoms with van der Waals surface area (Å²) in [5.41, 5.74) is 1.11. The van der Waals surface area contributed by atoms with Crippen LogP contribution in [0.15, 0.2) is 23.6 Å². The zero-order chi connectivity index (χ0) is 19.6. The number of anilines is 2. The number of morpholine rings is 1. The van der Waals surface area contributed by atoms with Gasteiger partial charge >= 0.3 is 0 Å². The Bertz CT molecular complexity index is 875. The largest absolute Gasteiger partial charge is 0.454 e. The fourth-order valence-electron chi connectivity index (χ4n) is 4.05. The monoisotopic (exact) mass is 416 g/mol. The van der Waals surface area contributed by atoms with Crippen molar-refractivity contribution in [2.75, 3.05) is 56.4 Å². The number of benzene rings is 1. The number of hydrogen-bond acceptors (Lipinski definition) is 8. The Morgan fingerprint density at radius 1 is 1.10 bits per heavy atom. The fraction of sp³-hybridized carbons (Fsp3) is 0.500. The highest BCUT2D eigenvalue weighted by atomic mass is 32.1. The molecule has 1 aromatic heterocycles. The molecule has 2 saturated heterocycles. The van der Waals surface area contributed by atoms with Gasteiger partial charge in [-0.15, -0.1) is 11.3 Å². The molecule has 9 heteroatoms. The number of aromatic nitrogens is 1. The molecule has 0 spiro atoms. The molecule has 8 nitrogen and oxygen atoms in total. The van der Waals surface area contributed by atoms with E-state index < -0.39 is 0 Å². The van der Waals surface area contributed by atoms with Crippen molar-refractivity contribution >= 4 is 28.1 Å². The van der Waals surface area contributed by atoms with Crippen LogP contribution in [-0.4, -0.2) is 68.0 Å². The molecule has 154 valence electrons. The SMILES string of the molecule is O=C(Nc1ccc2c(c1)OCO2)c1csc(N2CCC(N3CCOCC3)CC2)n1. The first-order chi connectivity index (χ1) is 14.3. The van der Waals surface area contributed by atoms with E-state index in [0.717, 1.165) is 57.4 Å². The van der Waals surface area contributed by atoms with E-state index in [0.29, 0.717) is 28.9 Å². The van der Waals surface area contributed by atoms with Crippen LogP contribution < -0.4 is 19.7 Å². The van der Waals surface area contributed by atoms with Crippen LogP contribution in [0.2, 0.25) is 0 Å². The molecule has 4 heterocycles. The van der Waals surface area contributed by atoms with Crippen molar-refractivity contribution in [2.24, 2.45) is 0 Å². The highest BCUT2D eigenvalue weighted by molar-refractivity contribution is 7.14. The second-order valence-electron chi connectivity index (χ2n) is 7.40. The minimum Gasteiger partial charge on any atom is -0.454 e. The summed E-state index contributed by atoms with van der Waals surface area (Å²) < 4.78 is 16.1. The van der Waals surface area contributed by atoms with Crippen molar-refractivity contribution < 1.29 is 19.0 Å². The zero-order valence-corrected chi connectivity index (χ0v) is 17.0. The van der Waals surface area contributed by atoms with Gasteiger partial charge in [0.1, 0.15) is 5.69 Å². The molecule has 1 amide bonds. The van der Waals surface area contributed by atoms with Crippen LogP contribution in [0.25, 0.3) is 0 Å². The first kappa shape index (κ1) is 18.7. The van der Waals surface area contributed by atoms with Crippen LogP contribution in [0.1, 0.15) is 23.3 Å². The maximum absolute atomic E-state index is 12.6. The van der Waals surface area contributed by atoms with Gasteiger partial charge in [-0.3, -0.25) is 9.69 Å². The number of thiazole rings is 1. The molecule has 1 N–H and O–H groups in total. The summed E-state index contributed by atoms with van der Waals surface area (Å²) in [5.74, 6) is 1.12. The quantitative estimate of drug-likeness (QED) is 0.820. The third-order valence-corrected chi connectivity index (χ3v) is 6.55. The molecule has 5 rings (SSSR count). The molecular formula is C20H24N4O4S. The topological polar surface area (TPSA) is 76.2 Å². The van der Waals surface area contributed by atoms with Gasteiger partial charge in [0.15, 0.2) is 16.6 Å². The van der Waals surface area contributed by atoms with Crippen LogP contribution in [-0.2, 0) is 4.74 Å². The number of carbonyl (C=O) groups is 1. The third kappa shape index (κ3) is 4.03. The van der Waals surface area contributed by atoms with Crippen molar-refractivity contribution in [3.8, 4) is 11.5 Å². The maximum Gasteiger partial charge on any atom is 0.275 e. The van der Waals surface area contributed by atoms with Gasteiger partial charge in [-0.1, -0.05) is 0 Å². The van der Waals surface area contributed by atoms with Crippen molar-refractivity contribution in [1.82, 2.24) is 9.88 Å². The molecule has 29 heavy (non-hydrogen) atoms. The van der Waals surface area contributed by atoms with Gasteiger partial charge in [0.05, 0.1) is 13.2 Å². The lowest BCUT2D eigenvalue weighted by Crippen LogP contribution is -2.49. The molecule has 0 aliphatic carbocycles. The second-order valence-corrected chi connectivity index (χ2v) is 8.24. The number of fused-ring (bicyclic) bond motifs is 1. The van der Waals surface area contributed by atoms with Gasteiger partial charge < -0.3 is 24.4 Å². The van der Waals surface area contributed by atoms with Crippen LogP contribution in [0.5, 0.6) is 11.5 Å². The smallest absolute Gasteiger partial charge is 0.275 e. The lowest BCUT2D eigenvalue weighted by molar-refractivity contribution is 0.0115. The number of hydrogen-bond donors (Lipinski definition) is 1. The van der Waals surface area contributed by atoms with E-state index in [-0.39, 0.29) is 12.7 Å². The van der Waals surface area contributed by atoms with Crippen molar-refractivity contribution in [3.63, 3.8) is 0 Å². The summed E-state index contributed by atoms with van der Waals surface area (Å²) in [6.07, 6.45) is 2.25. The number of nitrogens with one attached hydrogen (secondary N) is 1. The molecule has 0 radical (unpaired) electrons. The second kappa shape index (κ2) is 8.17. The minimum absolute atomic E-state index is 0.213. The van der Waals surface area contributed by atoms with E-state index in [1.165, 1.54) is 11.3 Å². The summed E-state index contributed by atoms with van der Waals surface area (Å²) in [7, 11) is 0. The molecule has 3 aliphatic rings. The molecule has 0 saturated carbocycles. The number of piperidine rings is 1. The van der Waals surface area contributed by atoms with Crippen molar-refractivity contribution in [1.29, 1.82) is 0 Å². The Labute approximate surface area is 173 Å². The molecule has 2 fully saturated rings. The standard InChI is InChI=1S/C20H24N4O4S/c25-19(21-14-1-2-17-18(11-14)28-13-27-17)16-12-29-20(22-16)24-5-3-15(4-6-24)23-7-9-26-10-8-23/h1-2,11-12,15H,3-10,13H2,(H,21,25). The van der Waals surface area contributed by atoms with Crippen molar-refractivity contribution in [3.05, 3.63) is 29.3 Å². The van der Waals surface area contributed by atoms with E-state index in [4.69, 9.17) is 14.2 Å². The predicted octanol–water partition coefficient (Wildman–Crippen LogP) is 2.43. The zero-order valence-electron chi connectivity index (χ0n) is 16.1. The number of nitrogens with zero attached hydrogens (tertiary/aromatic N) is 3. The van der Waals surface area contributed by atoms with Gasteiger partial charge in [0.25, 0.3) is 5.91 Å². The number of rotatable bonds is 4. The van der Waals surface area contributed by atoms with Gasteiger partial charge in [-0.05, 0) is 25.0 Å². The third-order valence-electron chi connectivity index (χ3n) is 5.65. The van der Waals surface area contributed by atoms with Gasteiger partial charge in [-0.2, -0.15) is 0 Å². The van der Waals surface area contributed by atoms with E-state index in [1.54, 1.807) is 18.2 Å². The average molecular weight is 417 g/mol.